The number of nitrogens with one attached hydrogen (secondary N) is 1. The quantitative estimate of drug-likeness (QED) is 0.683. The number of halogens is 2. The van der Waals surface area contributed by atoms with Crippen molar-refractivity contribution in [3.05, 3.63) is 65.1 Å². The topological polar surface area (TPSA) is 64.4 Å². The van der Waals surface area contributed by atoms with Crippen LogP contribution in [0.3, 0.4) is 0 Å². The summed E-state index contributed by atoms with van der Waals surface area (Å²) in [6.07, 6.45) is 1.26. The zero-order valence-electron chi connectivity index (χ0n) is 14.5. The molecule has 3 aromatic rings. The van der Waals surface area contributed by atoms with Crippen LogP contribution in [0.2, 0.25) is 5.02 Å². The second kappa shape index (κ2) is 6.70. The van der Waals surface area contributed by atoms with Crippen LogP contribution in [0.1, 0.15) is 18.5 Å². The molecule has 5 nitrogen and oxygen atoms in total. The first-order chi connectivity index (χ1) is 13.0. The first-order valence-corrected chi connectivity index (χ1v) is 8.78. The Balaban J connectivity index is 1.61. The van der Waals surface area contributed by atoms with Crippen LogP contribution in [0.15, 0.2) is 53.1 Å². The molecule has 1 amide bonds. The van der Waals surface area contributed by atoms with Crippen LogP contribution in [0.4, 0.5) is 10.1 Å². The number of benzene rings is 2. The summed E-state index contributed by atoms with van der Waals surface area (Å²) < 4.78 is 24.5. The summed E-state index contributed by atoms with van der Waals surface area (Å²) in [7, 11) is 1.52. The van der Waals surface area contributed by atoms with Gasteiger partial charge in [-0.3, -0.25) is 4.79 Å². The summed E-state index contributed by atoms with van der Waals surface area (Å²) in [5, 5.41) is 7.38. The van der Waals surface area contributed by atoms with Gasteiger partial charge in [-0.05, 0) is 43.2 Å². The van der Waals surface area contributed by atoms with Gasteiger partial charge in [-0.15, -0.1) is 0 Å². The Morgan fingerprint density at radius 2 is 2.04 bits per heavy atom. The third-order valence-corrected chi connectivity index (χ3v) is 4.97. The molecule has 1 aliphatic carbocycles. The maximum Gasteiger partial charge on any atom is 0.236 e. The molecule has 0 aliphatic heterocycles. The molecule has 0 saturated heterocycles. The number of ether oxygens (including phenoxy) is 1. The molecule has 7 heteroatoms. The van der Waals surface area contributed by atoms with Crippen molar-refractivity contribution < 1.29 is 18.4 Å². The number of methoxy groups -OCH3 is 1. The van der Waals surface area contributed by atoms with Crippen LogP contribution in [0.25, 0.3) is 11.3 Å². The molecule has 1 aromatic heterocycles. The summed E-state index contributed by atoms with van der Waals surface area (Å²) >= 11 is 6.02. The van der Waals surface area contributed by atoms with Gasteiger partial charge in [-0.1, -0.05) is 28.9 Å². The van der Waals surface area contributed by atoms with E-state index in [1.54, 1.807) is 42.5 Å². The molecule has 27 heavy (non-hydrogen) atoms. The van der Waals surface area contributed by atoms with Crippen LogP contribution in [0, 0.1) is 5.82 Å². The molecule has 0 spiro atoms. The van der Waals surface area contributed by atoms with E-state index in [9.17, 15) is 9.18 Å². The van der Waals surface area contributed by atoms with Gasteiger partial charge in [-0.2, -0.15) is 0 Å². The van der Waals surface area contributed by atoms with E-state index < -0.39 is 11.2 Å². The highest BCUT2D eigenvalue weighted by Crippen LogP contribution is 2.49. The molecule has 1 heterocycles. The molecule has 0 bridgehead atoms. The van der Waals surface area contributed by atoms with Crippen molar-refractivity contribution in [2.75, 3.05) is 12.4 Å². The van der Waals surface area contributed by atoms with Crippen molar-refractivity contribution in [1.29, 1.82) is 0 Å². The first-order valence-electron chi connectivity index (χ1n) is 8.40. The highest BCUT2D eigenvalue weighted by molar-refractivity contribution is 6.31. The average Bonchev–Trinajstić information content (AvgIpc) is 3.33. The third-order valence-electron chi connectivity index (χ3n) is 4.73. The second-order valence-electron chi connectivity index (χ2n) is 6.44. The van der Waals surface area contributed by atoms with Gasteiger partial charge in [0.1, 0.15) is 11.6 Å². The van der Waals surface area contributed by atoms with E-state index in [1.807, 2.05) is 0 Å². The minimum Gasteiger partial charge on any atom is -0.495 e. The van der Waals surface area contributed by atoms with Crippen LogP contribution in [-0.4, -0.2) is 18.2 Å². The Hall–Kier alpha value is -2.86. The van der Waals surface area contributed by atoms with E-state index in [0.717, 1.165) is 0 Å². The van der Waals surface area contributed by atoms with Gasteiger partial charge in [0.25, 0.3) is 0 Å². The Bertz CT molecular complexity index is 1010. The van der Waals surface area contributed by atoms with Crippen molar-refractivity contribution in [2.45, 2.75) is 18.3 Å². The van der Waals surface area contributed by atoms with Crippen LogP contribution >= 0.6 is 11.6 Å². The van der Waals surface area contributed by atoms with E-state index in [0.29, 0.717) is 46.3 Å². The minimum absolute atomic E-state index is 0.226. The number of anilines is 1. The van der Waals surface area contributed by atoms with Gasteiger partial charge < -0.3 is 14.6 Å². The number of carbonyl (C=O) groups is 1. The highest BCUT2D eigenvalue weighted by Gasteiger charge is 2.54. The SMILES string of the molecule is COc1ccc(Cl)cc1NC(=O)C1(c2cc(-c3ccccc3F)on2)CC1. The minimum atomic E-state index is -0.791. The number of hydrogen-bond acceptors (Lipinski definition) is 4. The molecule has 0 unspecified atom stereocenters. The van der Waals surface area contributed by atoms with Crippen LogP contribution < -0.4 is 10.1 Å². The average molecular weight is 387 g/mol. The fraction of sp³-hybridized carbons (Fsp3) is 0.200. The molecule has 0 atom stereocenters. The molecule has 1 fully saturated rings. The van der Waals surface area contributed by atoms with Gasteiger partial charge in [0.05, 0.1) is 29.5 Å². The lowest BCUT2D eigenvalue weighted by Gasteiger charge is -2.15. The predicted molar refractivity (Wildman–Crippen MR) is 99.4 cm³/mol. The van der Waals surface area contributed by atoms with Crippen LogP contribution in [-0.2, 0) is 10.2 Å². The maximum atomic E-state index is 14.0. The Kier molecular flexibility index (Phi) is 4.36. The van der Waals surface area contributed by atoms with Crippen molar-refractivity contribution in [3.8, 4) is 17.1 Å². The van der Waals surface area contributed by atoms with E-state index in [2.05, 4.69) is 10.5 Å². The number of nitrogens with zero attached hydrogens (tertiary/aromatic N) is 1. The number of amides is 1. The van der Waals surface area contributed by atoms with Crippen molar-refractivity contribution >= 4 is 23.2 Å². The van der Waals surface area contributed by atoms with Gasteiger partial charge in [0, 0.05) is 11.1 Å². The molecular formula is C20H16ClFN2O3. The lowest BCUT2D eigenvalue weighted by molar-refractivity contribution is -0.118. The summed E-state index contributed by atoms with van der Waals surface area (Å²) in [6.45, 7) is 0. The number of hydrogen-bond donors (Lipinski definition) is 1. The normalized spacial score (nSPS) is 14.6. The van der Waals surface area contributed by atoms with Gasteiger partial charge in [-0.25, -0.2) is 4.39 Å². The molecule has 4 rings (SSSR count). The lowest BCUT2D eigenvalue weighted by Crippen LogP contribution is -2.28. The molecule has 2 aromatic carbocycles. The number of carbonyl (C=O) groups excluding carboxylic acids is 1. The standard InChI is InChI=1S/C20H16ClFN2O3/c1-26-16-7-6-12(21)10-15(16)23-19(25)20(8-9-20)18-11-17(27-24-18)13-4-2-3-5-14(13)22/h2-7,10-11H,8-9H2,1H3,(H,23,25). The summed E-state index contributed by atoms with van der Waals surface area (Å²) in [5.41, 5.74) is 0.489. The summed E-state index contributed by atoms with van der Waals surface area (Å²) in [5.74, 6) is 0.174. The highest BCUT2D eigenvalue weighted by atomic mass is 35.5. The fourth-order valence-electron chi connectivity index (χ4n) is 3.03. The van der Waals surface area contributed by atoms with Gasteiger partial charge >= 0.3 is 0 Å². The van der Waals surface area contributed by atoms with E-state index >= 15 is 0 Å². The van der Waals surface area contributed by atoms with Crippen molar-refractivity contribution in [1.82, 2.24) is 5.16 Å². The molecule has 1 saturated carbocycles. The zero-order valence-corrected chi connectivity index (χ0v) is 15.2. The zero-order chi connectivity index (χ0) is 19.0. The molecular weight excluding hydrogens is 371 g/mol. The summed E-state index contributed by atoms with van der Waals surface area (Å²) in [4.78, 5) is 12.9. The fourth-order valence-corrected chi connectivity index (χ4v) is 3.21. The van der Waals surface area contributed by atoms with Gasteiger partial charge in [0.15, 0.2) is 5.76 Å². The lowest BCUT2D eigenvalue weighted by atomic mass is 10.00. The van der Waals surface area contributed by atoms with Crippen molar-refractivity contribution in [3.63, 3.8) is 0 Å². The van der Waals surface area contributed by atoms with Gasteiger partial charge in [0.2, 0.25) is 5.91 Å². The maximum absolute atomic E-state index is 14.0. The Morgan fingerprint density at radius 1 is 1.26 bits per heavy atom. The van der Waals surface area contributed by atoms with E-state index in [1.165, 1.54) is 13.2 Å². The van der Waals surface area contributed by atoms with Crippen LogP contribution in [0.5, 0.6) is 5.75 Å². The molecule has 0 radical (unpaired) electrons. The second-order valence-corrected chi connectivity index (χ2v) is 6.87. The monoisotopic (exact) mass is 386 g/mol. The molecule has 1 aliphatic rings. The van der Waals surface area contributed by atoms with E-state index in [-0.39, 0.29) is 5.91 Å². The first kappa shape index (κ1) is 17.5. The summed E-state index contributed by atoms with van der Waals surface area (Å²) in [6, 6.07) is 12.9. The molecule has 138 valence electrons. The number of aromatic nitrogens is 1. The number of rotatable bonds is 5. The Morgan fingerprint density at radius 3 is 2.74 bits per heavy atom. The van der Waals surface area contributed by atoms with Crippen molar-refractivity contribution in [2.24, 2.45) is 0 Å². The van der Waals surface area contributed by atoms with E-state index in [4.69, 9.17) is 20.9 Å². The smallest absolute Gasteiger partial charge is 0.236 e. The predicted octanol–water partition coefficient (Wildman–Crippen LogP) is 4.81. The largest absolute Gasteiger partial charge is 0.495 e. The Labute approximate surface area is 160 Å². The third kappa shape index (κ3) is 3.17. The molecule has 1 N–H and O–H groups in total.